The minimum atomic E-state index is 0.0648. The second-order valence-electron chi connectivity index (χ2n) is 1.99. The molecule has 1 saturated carbocycles. The van der Waals surface area contributed by atoms with E-state index < -0.39 is 0 Å². The average molecular weight is 150 g/mol. The summed E-state index contributed by atoms with van der Waals surface area (Å²) in [5.74, 6) is 0. The summed E-state index contributed by atoms with van der Waals surface area (Å²) < 4.78 is 4.53. The fraction of sp³-hybridized carbons (Fsp3) is 1.00. The normalized spacial score (nSPS) is 19.1. The standard InChI is InChI=1S/C4H8O.H6OSi2/c5-4-2-1-3-4;2-1-3/h4-5H,1-3H2;2-3H3. The third kappa shape index (κ3) is 4.51. The van der Waals surface area contributed by atoms with Gasteiger partial charge in [0.1, 0.15) is 21.0 Å². The maximum absolute atomic E-state index is 8.45. The maximum atomic E-state index is 8.45. The van der Waals surface area contributed by atoms with Gasteiger partial charge in [-0.2, -0.15) is 0 Å². The quantitative estimate of drug-likeness (QED) is 0.409. The van der Waals surface area contributed by atoms with Crippen molar-refractivity contribution in [2.75, 3.05) is 0 Å². The van der Waals surface area contributed by atoms with Crippen molar-refractivity contribution in [3.8, 4) is 0 Å². The van der Waals surface area contributed by atoms with Gasteiger partial charge in [0.2, 0.25) is 0 Å². The molecule has 0 bridgehead atoms. The zero-order valence-electron chi connectivity index (χ0n) is 5.55. The van der Waals surface area contributed by atoms with E-state index >= 15 is 0 Å². The highest BCUT2D eigenvalue weighted by molar-refractivity contribution is 6.15. The number of rotatable bonds is 0. The lowest BCUT2D eigenvalue weighted by Crippen LogP contribution is -2.15. The lowest BCUT2D eigenvalue weighted by molar-refractivity contribution is 0.0950. The van der Waals surface area contributed by atoms with Gasteiger partial charge in [0.05, 0.1) is 6.10 Å². The lowest BCUT2D eigenvalue weighted by Gasteiger charge is -2.17. The van der Waals surface area contributed by atoms with Crippen molar-refractivity contribution in [3.05, 3.63) is 0 Å². The molecular weight excluding hydrogens is 136 g/mol. The van der Waals surface area contributed by atoms with Crippen LogP contribution in [0, 0.1) is 0 Å². The molecule has 1 aliphatic carbocycles. The van der Waals surface area contributed by atoms with Crippen LogP contribution in [0.2, 0.25) is 0 Å². The number of hydrogen-bond acceptors (Lipinski definition) is 2. The van der Waals surface area contributed by atoms with Crippen molar-refractivity contribution in [3.63, 3.8) is 0 Å². The van der Waals surface area contributed by atoms with Crippen LogP contribution in [0.5, 0.6) is 0 Å². The van der Waals surface area contributed by atoms with Gasteiger partial charge in [0, 0.05) is 0 Å². The molecule has 0 spiro atoms. The van der Waals surface area contributed by atoms with Crippen molar-refractivity contribution < 1.29 is 9.22 Å². The Kier molecular flexibility index (Phi) is 5.73. The van der Waals surface area contributed by atoms with Gasteiger partial charge in [-0.15, -0.1) is 0 Å². The number of aliphatic hydroxyl groups is 1. The first-order chi connectivity index (χ1) is 3.81. The van der Waals surface area contributed by atoms with E-state index in [9.17, 15) is 0 Å². The smallest absolute Gasteiger partial charge is 0.129 e. The maximum Gasteiger partial charge on any atom is 0.129 e. The van der Waals surface area contributed by atoms with Crippen LogP contribution in [0.25, 0.3) is 0 Å². The van der Waals surface area contributed by atoms with Crippen LogP contribution in [0.1, 0.15) is 19.3 Å². The Hall–Kier alpha value is 0.354. The van der Waals surface area contributed by atoms with Crippen LogP contribution < -0.4 is 0 Å². The van der Waals surface area contributed by atoms with Crippen LogP contribution in [0.3, 0.4) is 0 Å². The van der Waals surface area contributed by atoms with Crippen LogP contribution in [0.15, 0.2) is 0 Å². The molecule has 0 saturated heterocycles. The van der Waals surface area contributed by atoms with E-state index in [2.05, 4.69) is 4.12 Å². The number of hydrogen-bond donors (Lipinski definition) is 1. The van der Waals surface area contributed by atoms with Gasteiger partial charge in [-0.05, 0) is 19.3 Å². The summed E-state index contributed by atoms with van der Waals surface area (Å²) in [5, 5.41) is 8.45. The molecule has 0 aromatic carbocycles. The zero-order valence-corrected chi connectivity index (χ0v) is 9.55. The van der Waals surface area contributed by atoms with E-state index in [-0.39, 0.29) is 6.10 Å². The molecular formula is C4H14O2Si2. The second kappa shape index (κ2) is 5.49. The summed E-state index contributed by atoms with van der Waals surface area (Å²) in [6.45, 7) is 0. The summed E-state index contributed by atoms with van der Waals surface area (Å²) >= 11 is 0. The van der Waals surface area contributed by atoms with E-state index in [1.165, 1.54) is 6.42 Å². The lowest BCUT2D eigenvalue weighted by atomic mass is 9.97. The van der Waals surface area contributed by atoms with Gasteiger partial charge in [0.25, 0.3) is 0 Å². The van der Waals surface area contributed by atoms with Crippen LogP contribution in [0.4, 0.5) is 0 Å². The summed E-state index contributed by atoms with van der Waals surface area (Å²) in [6, 6.07) is 0. The van der Waals surface area contributed by atoms with Crippen molar-refractivity contribution >= 4 is 21.0 Å². The van der Waals surface area contributed by atoms with E-state index in [0.29, 0.717) is 0 Å². The first kappa shape index (κ1) is 8.35. The largest absolute Gasteiger partial charge is 0.471 e. The summed E-state index contributed by atoms with van der Waals surface area (Å²) in [5.41, 5.74) is 0. The van der Waals surface area contributed by atoms with Crippen molar-refractivity contribution in [1.29, 1.82) is 0 Å². The molecule has 2 nitrogen and oxygen atoms in total. The van der Waals surface area contributed by atoms with Crippen LogP contribution in [-0.2, 0) is 4.12 Å². The zero-order chi connectivity index (χ0) is 6.41. The first-order valence-corrected chi connectivity index (χ1v) is 4.52. The summed E-state index contributed by atoms with van der Waals surface area (Å²) in [7, 11) is 1.86. The van der Waals surface area contributed by atoms with E-state index in [4.69, 9.17) is 5.11 Å². The van der Waals surface area contributed by atoms with Crippen LogP contribution >= 0.6 is 0 Å². The Morgan fingerprint density at radius 3 is 1.62 bits per heavy atom. The molecule has 1 N–H and O–H groups in total. The Balaban J connectivity index is 0.000000145. The van der Waals surface area contributed by atoms with Gasteiger partial charge in [0.15, 0.2) is 0 Å². The highest BCUT2D eigenvalue weighted by Crippen LogP contribution is 2.16. The predicted molar refractivity (Wildman–Crippen MR) is 40.8 cm³/mol. The van der Waals surface area contributed by atoms with Crippen molar-refractivity contribution in [2.24, 2.45) is 0 Å². The molecule has 1 aliphatic rings. The third-order valence-corrected chi connectivity index (χ3v) is 1.07. The highest BCUT2D eigenvalue weighted by atomic mass is 28.3. The van der Waals surface area contributed by atoms with Gasteiger partial charge in [-0.1, -0.05) is 0 Å². The van der Waals surface area contributed by atoms with Gasteiger partial charge in [-0.3, -0.25) is 0 Å². The SMILES string of the molecule is OC1CCC1.[SiH3]O[SiH3]. The summed E-state index contributed by atoms with van der Waals surface area (Å²) in [4.78, 5) is 0. The fourth-order valence-electron chi connectivity index (χ4n) is 0.387. The minimum Gasteiger partial charge on any atom is -0.471 e. The van der Waals surface area contributed by atoms with E-state index in [1.807, 2.05) is 0 Å². The second-order valence-corrected chi connectivity index (χ2v) is 5.26. The molecule has 0 aromatic rings. The molecule has 4 heteroatoms. The van der Waals surface area contributed by atoms with Gasteiger partial charge >= 0.3 is 0 Å². The molecule has 0 aromatic heterocycles. The van der Waals surface area contributed by atoms with Crippen molar-refractivity contribution in [2.45, 2.75) is 25.4 Å². The Labute approximate surface area is 56.3 Å². The summed E-state index contributed by atoms with van der Waals surface area (Å²) in [6.07, 6.45) is 3.39. The van der Waals surface area contributed by atoms with Crippen molar-refractivity contribution in [1.82, 2.24) is 0 Å². The third-order valence-electron chi connectivity index (χ3n) is 1.07. The topological polar surface area (TPSA) is 29.5 Å². The molecule has 0 unspecified atom stereocenters. The molecule has 0 radical (unpaired) electrons. The monoisotopic (exact) mass is 150 g/mol. The molecule has 0 aliphatic heterocycles. The number of aliphatic hydroxyl groups excluding tert-OH is 1. The fourth-order valence-corrected chi connectivity index (χ4v) is 0.387. The molecule has 0 amide bonds. The predicted octanol–water partition coefficient (Wildman–Crippen LogP) is -1.91. The molecule has 1 fully saturated rings. The molecule has 50 valence electrons. The molecule has 0 atom stereocenters. The van der Waals surface area contributed by atoms with E-state index in [0.717, 1.165) is 33.8 Å². The van der Waals surface area contributed by atoms with E-state index in [1.54, 1.807) is 0 Å². The van der Waals surface area contributed by atoms with Crippen LogP contribution in [-0.4, -0.2) is 32.2 Å². The molecule has 1 rings (SSSR count). The van der Waals surface area contributed by atoms with Gasteiger partial charge < -0.3 is 9.22 Å². The minimum absolute atomic E-state index is 0.0648. The Morgan fingerprint density at radius 1 is 1.38 bits per heavy atom. The average Bonchev–Trinajstić information content (AvgIpc) is 1.64. The Morgan fingerprint density at radius 2 is 1.62 bits per heavy atom. The Bertz CT molecular complexity index is 47.3. The first-order valence-electron chi connectivity index (χ1n) is 2.89. The molecule has 8 heavy (non-hydrogen) atoms. The molecule has 0 heterocycles. The van der Waals surface area contributed by atoms with Gasteiger partial charge in [-0.25, -0.2) is 0 Å². The highest BCUT2D eigenvalue weighted by Gasteiger charge is 2.11.